The van der Waals surface area contributed by atoms with E-state index in [1.165, 1.54) is 0 Å². The zero-order valence-corrected chi connectivity index (χ0v) is 19.4. The molecule has 0 spiro atoms. The van der Waals surface area contributed by atoms with E-state index in [9.17, 15) is 9.59 Å². The third-order valence-electron chi connectivity index (χ3n) is 5.24. The SMILES string of the molecule is C#C/C=C(\C=C1\C=C(c2ccc(C(=O)N(C)CC)cc2)C(=O)NC1)C(/C(=C)C)=C(\C)OC. The van der Waals surface area contributed by atoms with Gasteiger partial charge in [-0.1, -0.05) is 24.6 Å². The van der Waals surface area contributed by atoms with E-state index in [2.05, 4.69) is 17.8 Å². The van der Waals surface area contributed by atoms with Crippen LogP contribution in [0.2, 0.25) is 0 Å². The molecule has 0 atom stereocenters. The highest BCUT2D eigenvalue weighted by molar-refractivity contribution is 6.21. The standard InChI is InChI=1S/C27H30N2O3/c1-8-10-23(25(18(3)4)19(5)32-7)15-20-16-24(26(30)28-17-20)21-11-13-22(14-12-21)27(31)29(6)9-2/h1,10-16H,3,9,17H2,2,4-7H3,(H,28,30)/b20-15-,23-10+,25-19+. The van der Waals surface area contributed by atoms with Crippen molar-refractivity contribution >= 4 is 17.4 Å². The minimum atomic E-state index is -0.168. The number of benzene rings is 1. The number of carbonyl (C=O) groups excluding carboxylic acids is 2. The second-order valence-electron chi connectivity index (χ2n) is 7.54. The van der Waals surface area contributed by atoms with E-state index >= 15 is 0 Å². The van der Waals surface area contributed by atoms with Crippen LogP contribution in [0.5, 0.6) is 0 Å². The molecule has 1 aliphatic heterocycles. The molecule has 1 aliphatic rings. The number of terminal acetylenes is 1. The van der Waals surface area contributed by atoms with E-state index in [0.29, 0.717) is 30.0 Å². The molecule has 0 unspecified atom stereocenters. The molecule has 0 bridgehead atoms. The number of ether oxygens (including phenoxy) is 1. The minimum Gasteiger partial charge on any atom is -0.501 e. The predicted molar refractivity (Wildman–Crippen MR) is 130 cm³/mol. The number of nitrogens with one attached hydrogen (secondary N) is 1. The Kier molecular flexibility index (Phi) is 8.43. The lowest BCUT2D eigenvalue weighted by Gasteiger charge is -2.19. The van der Waals surface area contributed by atoms with Crippen LogP contribution in [0.3, 0.4) is 0 Å². The van der Waals surface area contributed by atoms with Crippen molar-refractivity contribution in [2.75, 3.05) is 27.2 Å². The van der Waals surface area contributed by atoms with Crippen LogP contribution in [0.1, 0.15) is 36.7 Å². The molecule has 5 heteroatoms. The summed E-state index contributed by atoms with van der Waals surface area (Å²) in [4.78, 5) is 26.5. The van der Waals surface area contributed by atoms with Crippen LogP contribution in [0.15, 0.2) is 77.1 Å². The lowest BCUT2D eigenvalue weighted by Crippen LogP contribution is -2.30. The average Bonchev–Trinajstić information content (AvgIpc) is 2.79. The van der Waals surface area contributed by atoms with Crippen LogP contribution in [-0.2, 0) is 9.53 Å². The molecule has 0 radical (unpaired) electrons. The number of hydrogen-bond acceptors (Lipinski definition) is 3. The monoisotopic (exact) mass is 430 g/mol. The van der Waals surface area contributed by atoms with Crippen LogP contribution < -0.4 is 5.32 Å². The van der Waals surface area contributed by atoms with Gasteiger partial charge in [-0.15, -0.1) is 6.42 Å². The molecule has 0 aliphatic carbocycles. The number of amides is 2. The summed E-state index contributed by atoms with van der Waals surface area (Å²) in [5.74, 6) is 3.05. The van der Waals surface area contributed by atoms with Crippen LogP contribution in [0.25, 0.3) is 5.57 Å². The topological polar surface area (TPSA) is 58.6 Å². The summed E-state index contributed by atoms with van der Waals surface area (Å²) in [6.07, 6.45) is 11.0. The summed E-state index contributed by atoms with van der Waals surface area (Å²) in [5, 5.41) is 2.90. The summed E-state index contributed by atoms with van der Waals surface area (Å²) in [6, 6.07) is 7.06. The van der Waals surface area contributed by atoms with Gasteiger partial charge in [-0.3, -0.25) is 9.59 Å². The summed E-state index contributed by atoms with van der Waals surface area (Å²) in [7, 11) is 3.36. The Labute approximate surface area is 190 Å². The van der Waals surface area contributed by atoms with E-state index < -0.39 is 0 Å². The number of methoxy groups -OCH3 is 1. The Morgan fingerprint density at radius 2 is 1.97 bits per heavy atom. The Morgan fingerprint density at radius 1 is 1.31 bits per heavy atom. The lowest BCUT2D eigenvalue weighted by atomic mass is 9.93. The highest BCUT2D eigenvalue weighted by Crippen LogP contribution is 2.27. The smallest absolute Gasteiger partial charge is 0.253 e. The Balaban J connectivity index is 2.47. The first kappa shape index (κ1) is 24.5. The fraction of sp³-hybridized carbons (Fsp3) is 0.259. The van der Waals surface area contributed by atoms with Crippen molar-refractivity contribution in [2.24, 2.45) is 0 Å². The van der Waals surface area contributed by atoms with Gasteiger partial charge in [-0.25, -0.2) is 0 Å². The van der Waals surface area contributed by atoms with Gasteiger partial charge < -0.3 is 15.0 Å². The van der Waals surface area contributed by atoms with E-state index in [1.54, 1.807) is 49.4 Å². The van der Waals surface area contributed by atoms with Crippen molar-refractivity contribution in [3.63, 3.8) is 0 Å². The predicted octanol–water partition coefficient (Wildman–Crippen LogP) is 4.27. The molecule has 1 heterocycles. The summed E-state index contributed by atoms with van der Waals surface area (Å²) in [6.45, 7) is 10.7. The summed E-state index contributed by atoms with van der Waals surface area (Å²) < 4.78 is 5.42. The normalized spacial score (nSPS) is 15.9. The fourth-order valence-corrected chi connectivity index (χ4v) is 3.37. The third-order valence-corrected chi connectivity index (χ3v) is 5.24. The van der Waals surface area contributed by atoms with Crippen molar-refractivity contribution < 1.29 is 14.3 Å². The maximum atomic E-state index is 12.5. The second kappa shape index (κ2) is 11.0. The molecule has 0 saturated carbocycles. The minimum absolute atomic E-state index is 0.0570. The van der Waals surface area contributed by atoms with Gasteiger partial charge in [0.2, 0.25) is 0 Å². The maximum Gasteiger partial charge on any atom is 0.253 e. The lowest BCUT2D eigenvalue weighted by molar-refractivity contribution is -0.115. The first-order chi connectivity index (χ1) is 15.2. The molecular formula is C27H30N2O3. The second-order valence-corrected chi connectivity index (χ2v) is 7.54. The number of allylic oxidation sites excluding steroid dienone is 6. The van der Waals surface area contributed by atoms with E-state index in [4.69, 9.17) is 11.2 Å². The molecule has 0 aromatic heterocycles. The van der Waals surface area contributed by atoms with Gasteiger partial charge in [0.25, 0.3) is 11.8 Å². The van der Waals surface area contributed by atoms with Crippen molar-refractivity contribution in [1.29, 1.82) is 0 Å². The van der Waals surface area contributed by atoms with Gasteiger partial charge in [-0.05, 0) is 73.4 Å². The summed E-state index contributed by atoms with van der Waals surface area (Å²) >= 11 is 0. The van der Waals surface area contributed by atoms with Gasteiger partial charge in [0, 0.05) is 36.8 Å². The zero-order valence-electron chi connectivity index (χ0n) is 19.4. The van der Waals surface area contributed by atoms with E-state index in [-0.39, 0.29) is 11.8 Å². The van der Waals surface area contributed by atoms with Crippen molar-refractivity contribution in [2.45, 2.75) is 20.8 Å². The van der Waals surface area contributed by atoms with Crippen LogP contribution in [0.4, 0.5) is 0 Å². The van der Waals surface area contributed by atoms with E-state index in [1.807, 2.05) is 32.9 Å². The van der Waals surface area contributed by atoms with Gasteiger partial charge in [0.1, 0.15) is 5.76 Å². The molecule has 0 fully saturated rings. The van der Waals surface area contributed by atoms with Crippen LogP contribution >= 0.6 is 0 Å². The quantitative estimate of drug-likeness (QED) is 0.399. The number of hydrogen-bond donors (Lipinski definition) is 1. The van der Waals surface area contributed by atoms with Crippen LogP contribution in [0, 0.1) is 12.3 Å². The zero-order chi connectivity index (χ0) is 23.8. The molecule has 166 valence electrons. The van der Waals surface area contributed by atoms with Crippen LogP contribution in [-0.4, -0.2) is 44.0 Å². The average molecular weight is 431 g/mol. The maximum absolute atomic E-state index is 12.5. The van der Waals surface area contributed by atoms with Gasteiger partial charge in [0.05, 0.1) is 7.11 Å². The number of carbonyl (C=O) groups is 2. The van der Waals surface area contributed by atoms with Gasteiger partial charge in [-0.2, -0.15) is 0 Å². The fourth-order valence-electron chi connectivity index (χ4n) is 3.37. The molecule has 1 aromatic rings. The van der Waals surface area contributed by atoms with Crippen molar-refractivity contribution in [1.82, 2.24) is 10.2 Å². The molecule has 2 amide bonds. The Hall–Kier alpha value is -3.78. The molecule has 2 rings (SSSR count). The Bertz CT molecular complexity index is 1080. The summed E-state index contributed by atoms with van der Waals surface area (Å²) in [5.41, 5.74) is 5.15. The molecule has 1 N–H and O–H groups in total. The molecule has 32 heavy (non-hydrogen) atoms. The Morgan fingerprint density at radius 3 is 2.50 bits per heavy atom. The third kappa shape index (κ3) is 5.67. The largest absolute Gasteiger partial charge is 0.501 e. The van der Waals surface area contributed by atoms with Crippen molar-refractivity contribution in [3.05, 3.63) is 88.3 Å². The van der Waals surface area contributed by atoms with E-state index in [0.717, 1.165) is 27.9 Å². The number of rotatable bonds is 7. The first-order valence-corrected chi connectivity index (χ1v) is 10.4. The molecule has 0 saturated heterocycles. The highest BCUT2D eigenvalue weighted by atomic mass is 16.5. The highest BCUT2D eigenvalue weighted by Gasteiger charge is 2.19. The number of nitrogens with zero attached hydrogens (tertiary/aromatic N) is 1. The van der Waals surface area contributed by atoms with Crippen molar-refractivity contribution in [3.8, 4) is 12.3 Å². The molecule has 1 aromatic carbocycles. The van der Waals surface area contributed by atoms with Gasteiger partial charge in [0.15, 0.2) is 0 Å². The molecular weight excluding hydrogens is 400 g/mol. The molecule has 5 nitrogen and oxygen atoms in total. The first-order valence-electron chi connectivity index (χ1n) is 10.4. The van der Waals surface area contributed by atoms with Gasteiger partial charge >= 0.3 is 0 Å².